The summed E-state index contributed by atoms with van der Waals surface area (Å²) in [6, 6.07) is 8.24. The largest absolute Gasteiger partial charge is 2.00 e. The molecule has 0 saturated heterocycles. The molecule has 0 radical (unpaired) electrons. The molecule has 0 spiro atoms. The van der Waals surface area contributed by atoms with E-state index in [4.69, 9.17) is 0 Å². The van der Waals surface area contributed by atoms with Crippen molar-refractivity contribution in [3.8, 4) is 0 Å². The number of aryl methyl sites for hydroxylation is 1. The van der Waals surface area contributed by atoms with Gasteiger partial charge in [0.1, 0.15) is 0 Å². The quantitative estimate of drug-likeness (QED) is 0.635. The second-order valence-electron chi connectivity index (χ2n) is 1.91. The van der Waals surface area contributed by atoms with Gasteiger partial charge in [0.15, 0.2) is 0 Å². The van der Waals surface area contributed by atoms with E-state index in [9.17, 15) is 0 Å². The maximum atomic E-state index is 3.50. The van der Waals surface area contributed by atoms with Crippen molar-refractivity contribution in [2.24, 2.45) is 0 Å². The minimum Gasteiger partial charge on any atom is -0.668 e. The van der Waals surface area contributed by atoms with Crippen LogP contribution in [0, 0.1) is 48.7 Å². The average Bonchev–Trinajstić information content (AvgIpc) is 2.20. The first-order valence-corrected chi connectivity index (χ1v) is 2.97. The SMILES string of the molecule is C[N-]C.C[c-]1cccc1.[Ce].[Zr+2]. The Bertz CT molecular complexity index is 129. The molecule has 0 aliphatic carbocycles. The zero-order chi connectivity index (χ0) is 7.11. The normalized spacial score (nSPS) is 6.45. The predicted molar refractivity (Wildman–Crippen MR) is 42.0 cm³/mol. The summed E-state index contributed by atoms with van der Waals surface area (Å²) in [5.41, 5.74) is 1.34. The van der Waals surface area contributed by atoms with Gasteiger partial charge < -0.3 is 5.32 Å². The summed E-state index contributed by atoms with van der Waals surface area (Å²) in [6.45, 7) is 2.08. The molecule has 0 bridgehead atoms. The first-order chi connectivity index (χ1) is 4.31. The molecular weight excluding hydrogens is 341 g/mol. The second-order valence-corrected chi connectivity index (χ2v) is 1.91. The van der Waals surface area contributed by atoms with Gasteiger partial charge in [-0.15, -0.1) is 0 Å². The van der Waals surface area contributed by atoms with Gasteiger partial charge in [-0.3, -0.25) is 0 Å². The zero-order valence-corrected chi connectivity index (χ0v) is 12.9. The van der Waals surface area contributed by atoms with Crippen LogP contribution < -0.4 is 0 Å². The monoisotopic (exact) mass is 353 g/mol. The van der Waals surface area contributed by atoms with Crippen LogP contribution in [-0.4, -0.2) is 14.1 Å². The summed E-state index contributed by atoms with van der Waals surface area (Å²) in [5, 5.41) is 3.50. The molecule has 0 aromatic heterocycles. The molecule has 0 heterocycles. The van der Waals surface area contributed by atoms with Crippen LogP contribution in [-0.2, 0) is 26.2 Å². The third-order valence-electron chi connectivity index (χ3n) is 0.829. The van der Waals surface area contributed by atoms with Gasteiger partial charge >= 0.3 is 26.2 Å². The summed E-state index contributed by atoms with van der Waals surface area (Å²) in [5.74, 6) is 0. The van der Waals surface area contributed by atoms with Crippen LogP contribution in [0.4, 0.5) is 0 Å². The molecule has 0 unspecified atom stereocenters. The number of nitrogens with zero attached hydrogens (tertiary/aromatic N) is 1. The fourth-order valence-electron chi connectivity index (χ4n) is 0.470. The van der Waals surface area contributed by atoms with Crippen LogP contribution >= 0.6 is 0 Å². The van der Waals surface area contributed by atoms with Crippen LogP contribution in [0.15, 0.2) is 24.3 Å². The molecule has 1 aromatic carbocycles. The van der Waals surface area contributed by atoms with Crippen LogP contribution in [0.3, 0.4) is 0 Å². The van der Waals surface area contributed by atoms with Crippen molar-refractivity contribution in [2.75, 3.05) is 14.1 Å². The van der Waals surface area contributed by atoms with Crippen LogP contribution in [0.1, 0.15) is 5.56 Å². The Morgan fingerprint density at radius 3 is 1.45 bits per heavy atom. The maximum absolute atomic E-state index is 3.50. The standard InChI is InChI=1S/C6H7.C2H6N.Ce.Zr/c1-6-4-2-3-5-6;1-3-2;;/h2-5H,1H3;1-2H3;;/q2*-1;;+2. The van der Waals surface area contributed by atoms with E-state index in [1.54, 1.807) is 14.1 Å². The summed E-state index contributed by atoms with van der Waals surface area (Å²) in [4.78, 5) is 0. The van der Waals surface area contributed by atoms with Crippen molar-refractivity contribution in [3.63, 3.8) is 0 Å². The van der Waals surface area contributed by atoms with Gasteiger partial charge in [0.05, 0.1) is 0 Å². The van der Waals surface area contributed by atoms with Gasteiger partial charge in [-0.2, -0.15) is 31.8 Å². The fourth-order valence-corrected chi connectivity index (χ4v) is 0.470. The third kappa shape index (κ3) is 14.4. The molecule has 0 atom stereocenters. The van der Waals surface area contributed by atoms with Crippen molar-refractivity contribution in [1.82, 2.24) is 0 Å². The van der Waals surface area contributed by atoms with E-state index in [0.29, 0.717) is 0 Å². The van der Waals surface area contributed by atoms with Crippen molar-refractivity contribution >= 4 is 0 Å². The molecule has 0 aliphatic heterocycles. The first-order valence-electron chi connectivity index (χ1n) is 2.97. The molecule has 58 valence electrons. The average molecular weight is 355 g/mol. The zero-order valence-electron chi connectivity index (χ0n) is 7.26. The van der Waals surface area contributed by atoms with Crippen molar-refractivity contribution in [2.45, 2.75) is 6.92 Å². The Labute approximate surface area is 122 Å². The molecule has 3 heteroatoms. The number of hydrogen-bond donors (Lipinski definition) is 0. The van der Waals surface area contributed by atoms with Gasteiger partial charge in [0.2, 0.25) is 0 Å². The Morgan fingerprint density at radius 2 is 1.36 bits per heavy atom. The molecule has 0 N–H and O–H groups in total. The molecule has 1 aromatic rings. The molecule has 0 amide bonds. The summed E-state index contributed by atoms with van der Waals surface area (Å²) in [7, 11) is 3.50. The number of hydrogen-bond acceptors (Lipinski definition) is 0. The van der Waals surface area contributed by atoms with E-state index in [0.717, 1.165) is 0 Å². The van der Waals surface area contributed by atoms with E-state index in [1.807, 2.05) is 12.1 Å². The van der Waals surface area contributed by atoms with Crippen molar-refractivity contribution in [1.29, 1.82) is 0 Å². The maximum Gasteiger partial charge on any atom is 2.00 e. The smallest absolute Gasteiger partial charge is 0.668 e. The molecule has 1 nitrogen and oxygen atoms in total. The summed E-state index contributed by atoms with van der Waals surface area (Å²) in [6.07, 6.45) is 0. The minimum atomic E-state index is 0. The second kappa shape index (κ2) is 14.1. The minimum absolute atomic E-state index is 0. The Kier molecular flexibility index (Phi) is 23.6. The van der Waals surface area contributed by atoms with E-state index in [-0.39, 0.29) is 68.0 Å². The fraction of sp³-hybridized carbons (Fsp3) is 0.375. The topological polar surface area (TPSA) is 14.1 Å². The third-order valence-corrected chi connectivity index (χ3v) is 0.829. The van der Waals surface area contributed by atoms with E-state index >= 15 is 0 Å². The predicted octanol–water partition coefficient (Wildman–Crippen LogP) is 2.33. The van der Waals surface area contributed by atoms with E-state index < -0.39 is 0 Å². The van der Waals surface area contributed by atoms with Gasteiger partial charge in [-0.1, -0.05) is 6.92 Å². The Balaban J connectivity index is -0.000000116. The number of rotatable bonds is 0. The Hall–Kier alpha value is 1.57. The molecule has 0 fully saturated rings. The van der Waals surface area contributed by atoms with Crippen LogP contribution in [0.2, 0.25) is 0 Å². The Morgan fingerprint density at radius 1 is 1.09 bits per heavy atom. The van der Waals surface area contributed by atoms with Crippen LogP contribution in [0.5, 0.6) is 0 Å². The van der Waals surface area contributed by atoms with Crippen LogP contribution in [0.25, 0.3) is 5.32 Å². The van der Waals surface area contributed by atoms with E-state index in [2.05, 4.69) is 24.4 Å². The first kappa shape index (κ1) is 18.4. The summed E-state index contributed by atoms with van der Waals surface area (Å²) < 4.78 is 0. The summed E-state index contributed by atoms with van der Waals surface area (Å²) >= 11 is 0. The molecule has 1 rings (SSSR count). The molecular formula is C8H13CeNZr. The van der Waals surface area contributed by atoms with E-state index in [1.165, 1.54) is 5.56 Å². The van der Waals surface area contributed by atoms with Crippen molar-refractivity contribution < 1.29 is 68.0 Å². The molecule has 0 aliphatic rings. The van der Waals surface area contributed by atoms with Gasteiger partial charge in [0, 0.05) is 41.7 Å². The van der Waals surface area contributed by atoms with Crippen molar-refractivity contribution in [3.05, 3.63) is 35.1 Å². The van der Waals surface area contributed by atoms with Gasteiger partial charge in [-0.25, -0.2) is 12.1 Å². The molecule has 11 heavy (non-hydrogen) atoms. The van der Waals surface area contributed by atoms with Gasteiger partial charge in [-0.05, 0) is 0 Å². The molecule has 0 saturated carbocycles. The van der Waals surface area contributed by atoms with Gasteiger partial charge in [0.25, 0.3) is 0 Å².